The van der Waals surface area contributed by atoms with Crippen LogP contribution in [0.25, 0.3) is 0 Å². The molecule has 1 heterocycles. The summed E-state index contributed by atoms with van der Waals surface area (Å²) in [7, 11) is 0. The summed E-state index contributed by atoms with van der Waals surface area (Å²) in [4.78, 5) is 12.5. The predicted octanol–water partition coefficient (Wildman–Crippen LogP) is 0.254. The fourth-order valence-electron chi connectivity index (χ4n) is 1.65. The van der Waals surface area contributed by atoms with Gasteiger partial charge in [-0.1, -0.05) is 0 Å². The summed E-state index contributed by atoms with van der Waals surface area (Å²) in [5.74, 6) is 0.737. The van der Waals surface area contributed by atoms with Gasteiger partial charge >= 0.3 is 0 Å². The molecule has 3 heteroatoms. The van der Waals surface area contributed by atoms with Gasteiger partial charge in [0, 0.05) is 6.54 Å². The van der Waals surface area contributed by atoms with E-state index in [0.717, 1.165) is 25.5 Å². The molecule has 11 heavy (non-hydrogen) atoms. The second-order valence-corrected chi connectivity index (χ2v) is 3.32. The largest absolute Gasteiger partial charge is 0.377 e. The lowest BCUT2D eigenvalue weighted by Gasteiger charge is -2.32. The summed E-state index contributed by atoms with van der Waals surface area (Å²) < 4.78 is 5.31. The van der Waals surface area contributed by atoms with E-state index in [-0.39, 0.29) is 0 Å². The van der Waals surface area contributed by atoms with E-state index in [4.69, 9.17) is 4.74 Å². The van der Waals surface area contributed by atoms with Gasteiger partial charge in [-0.15, -0.1) is 0 Å². The molecule has 1 aliphatic heterocycles. The molecule has 1 saturated carbocycles. The molecule has 0 spiro atoms. The number of ether oxygens (including phenoxy) is 1. The van der Waals surface area contributed by atoms with Crippen molar-refractivity contribution >= 4 is 6.41 Å². The van der Waals surface area contributed by atoms with Crippen molar-refractivity contribution in [3.8, 4) is 0 Å². The number of carbonyl (C=O) groups is 1. The number of carbonyl (C=O) groups excluding carboxylic acids is 1. The van der Waals surface area contributed by atoms with Crippen LogP contribution in [0.5, 0.6) is 0 Å². The van der Waals surface area contributed by atoms with E-state index < -0.39 is 0 Å². The summed E-state index contributed by atoms with van der Waals surface area (Å²) in [6.45, 7) is 2.25. The Hall–Kier alpha value is -0.570. The topological polar surface area (TPSA) is 29.5 Å². The first-order valence-electron chi connectivity index (χ1n) is 4.20. The lowest BCUT2D eigenvalue weighted by molar-refractivity contribution is -0.127. The maximum Gasteiger partial charge on any atom is 0.210 e. The monoisotopic (exact) mass is 155 g/mol. The Morgan fingerprint density at radius 3 is 2.91 bits per heavy atom. The highest BCUT2D eigenvalue weighted by Crippen LogP contribution is 2.35. The summed E-state index contributed by atoms with van der Waals surface area (Å²) >= 11 is 0. The van der Waals surface area contributed by atoms with Crippen molar-refractivity contribution in [3.05, 3.63) is 0 Å². The highest BCUT2D eigenvalue weighted by Gasteiger charge is 2.36. The Labute approximate surface area is 66.3 Å². The van der Waals surface area contributed by atoms with Crippen LogP contribution < -0.4 is 0 Å². The van der Waals surface area contributed by atoms with E-state index in [2.05, 4.69) is 0 Å². The molecule has 0 radical (unpaired) electrons. The molecule has 0 aromatic heterocycles. The summed E-state index contributed by atoms with van der Waals surface area (Å²) in [5, 5.41) is 0. The maximum absolute atomic E-state index is 10.6. The lowest BCUT2D eigenvalue weighted by Crippen LogP contribution is -2.45. The fraction of sp³-hybridized carbons (Fsp3) is 0.875. The van der Waals surface area contributed by atoms with Crippen molar-refractivity contribution in [2.24, 2.45) is 5.92 Å². The van der Waals surface area contributed by atoms with E-state index in [0.29, 0.717) is 12.6 Å². The Morgan fingerprint density at radius 1 is 1.45 bits per heavy atom. The fourth-order valence-corrected chi connectivity index (χ4v) is 1.65. The average Bonchev–Trinajstić information content (AvgIpc) is 2.87. The van der Waals surface area contributed by atoms with Crippen LogP contribution in [0, 0.1) is 5.92 Å². The molecule has 0 N–H and O–H groups in total. The van der Waals surface area contributed by atoms with E-state index in [9.17, 15) is 4.79 Å². The van der Waals surface area contributed by atoms with Crippen molar-refractivity contribution in [2.45, 2.75) is 18.9 Å². The van der Waals surface area contributed by atoms with Gasteiger partial charge in [-0.2, -0.15) is 0 Å². The number of hydrogen-bond acceptors (Lipinski definition) is 2. The highest BCUT2D eigenvalue weighted by atomic mass is 16.5. The van der Waals surface area contributed by atoms with Gasteiger partial charge in [0.2, 0.25) is 6.41 Å². The molecule has 1 unspecified atom stereocenters. The Morgan fingerprint density at radius 2 is 2.27 bits per heavy atom. The molecule has 2 rings (SSSR count). The normalized spacial score (nSPS) is 32.0. The molecule has 2 fully saturated rings. The number of rotatable bonds is 2. The van der Waals surface area contributed by atoms with Crippen LogP contribution in [0.3, 0.4) is 0 Å². The zero-order valence-corrected chi connectivity index (χ0v) is 6.53. The van der Waals surface area contributed by atoms with Gasteiger partial charge in [0.15, 0.2) is 0 Å². The highest BCUT2D eigenvalue weighted by molar-refractivity contribution is 5.48. The molecule has 3 nitrogen and oxygen atoms in total. The first-order valence-corrected chi connectivity index (χ1v) is 4.20. The van der Waals surface area contributed by atoms with Crippen molar-refractivity contribution in [1.82, 2.24) is 4.90 Å². The molecule has 1 aliphatic carbocycles. The molecule has 1 atom stereocenters. The van der Waals surface area contributed by atoms with Crippen LogP contribution in [0.4, 0.5) is 0 Å². The standard InChI is InChI=1S/C8H13NO2/c10-6-9-3-4-11-5-8(9)7-1-2-7/h6-8H,1-5H2. The number of hydrogen-bond donors (Lipinski definition) is 0. The predicted molar refractivity (Wildman–Crippen MR) is 40.1 cm³/mol. The third kappa shape index (κ3) is 1.38. The Bertz CT molecular complexity index is 156. The SMILES string of the molecule is O=CN1CCOCC1C1CC1. The minimum Gasteiger partial charge on any atom is -0.377 e. The van der Waals surface area contributed by atoms with E-state index >= 15 is 0 Å². The second kappa shape index (κ2) is 2.81. The summed E-state index contributed by atoms with van der Waals surface area (Å²) in [6, 6.07) is 0.390. The average molecular weight is 155 g/mol. The van der Waals surface area contributed by atoms with Crippen LogP contribution in [-0.4, -0.2) is 37.1 Å². The smallest absolute Gasteiger partial charge is 0.210 e. The van der Waals surface area contributed by atoms with Crippen molar-refractivity contribution in [1.29, 1.82) is 0 Å². The van der Waals surface area contributed by atoms with Crippen molar-refractivity contribution in [3.63, 3.8) is 0 Å². The van der Waals surface area contributed by atoms with Crippen molar-refractivity contribution in [2.75, 3.05) is 19.8 Å². The van der Waals surface area contributed by atoms with Gasteiger partial charge in [-0.25, -0.2) is 0 Å². The Balaban J connectivity index is 1.96. The van der Waals surface area contributed by atoms with E-state index in [1.807, 2.05) is 4.90 Å². The van der Waals surface area contributed by atoms with Crippen LogP contribution in [0.1, 0.15) is 12.8 Å². The molecule has 0 aromatic rings. The molecule has 0 aromatic carbocycles. The zero-order chi connectivity index (χ0) is 7.68. The van der Waals surface area contributed by atoms with E-state index in [1.54, 1.807) is 0 Å². The second-order valence-electron chi connectivity index (χ2n) is 3.32. The maximum atomic E-state index is 10.6. The number of amides is 1. The first kappa shape index (κ1) is 7.10. The van der Waals surface area contributed by atoms with Crippen LogP contribution >= 0.6 is 0 Å². The quantitative estimate of drug-likeness (QED) is 0.535. The van der Waals surface area contributed by atoms with Gasteiger partial charge in [-0.3, -0.25) is 4.79 Å². The molecule has 62 valence electrons. The number of nitrogens with zero attached hydrogens (tertiary/aromatic N) is 1. The van der Waals surface area contributed by atoms with Gasteiger partial charge < -0.3 is 9.64 Å². The van der Waals surface area contributed by atoms with Gasteiger partial charge in [-0.05, 0) is 18.8 Å². The third-order valence-corrected chi connectivity index (χ3v) is 2.51. The Kier molecular flexibility index (Phi) is 1.82. The van der Waals surface area contributed by atoms with Gasteiger partial charge in [0.05, 0.1) is 19.3 Å². The molecule has 2 aliphatic rings. The van der Waals surface area contributed by atoms with Gasteiger partial charge in [0.25, 0.3) is 0 Å². The molecule has 0 bridgehead atoms. The lowest BCUT2D eigenvalue weighted by atomic mass is 10.1. The number of morpholine rings is 1. The first-order chi connectivity index (χ1) is 5.42. The van der Waals surface area contributed by atoms with Crippen LogP contribution in [-0.2, 0) is 9.53 Å². The zero-order valence-electron chi connectivity index (χ0n) is 6.53. The molecular formula is C8H13NO2. The van der Waals surface area contributed by atoms with Crippen LogP contribution in [0.15, 0.2) is 0 Å². The summed E-state index contributed by atoms with van der Waals surface area (Å²) in [5.41, 5.74) is 0. The van der Waals surface area contributed by atoms with Crippen LogP contribution in [0.2, 0.25) is 0 Å². The van der Waals surface area contributed by atoms with Crippen molar-refractivity contribution < 1.29 is 9.53 Å². The minimum absolute atomic E-state index is 0.390. The molecule has 1 saturated heterocycles. The minimum atomic E-state index is 0.390. The molecule has 1 amide bonds. The third-order valence-electron chi connectivity index (χ3n) is 2.51. The molecular weight excluding hydrogens is 142 g/mol. The summed E-state index contributed by atoms with van der Waals surface area (Å²) in [6.07, 6.45) is 3.52. The van der Waals surface area contributed by atoms with E-state index in [1.165, 1.54) is 12.8 Å². The van der Waals surface area contributed by atoms with Gasteiger partial charge in [0.1, 0.15) is 0 Å².